The molecular formula is C41H59BN4O8. The third-order valence-corrected chi connectivity index (χ3v) is 13.0. The van der Waals surface area contributed by atoms with Crippen LogP contribution in [0.25, 0.3) is 0 Å². The summed E-state index contributed by atoms with van der Waals surface area (Å²) in [7, 11) is -0.613. The van der Waals surface area contributed by atoms with Crippen molar-refractivity contribution in [2.24, 2.45) is 22.7 Å². The first kappa shape index (κ1) is 38.7. The lowest BCUT2D eigenvalue weighted by Gasteiger charge is -2.64. The number of nitrogens with zero attached hydrogens (tertiary/aromatic N) is 2. The largest absolute Gasteiger partial charge is 0.481 e. The first-order valence-electron chi connectivity index (χ1n) is 20.2. The van der Waals surface area contributed by atoms with Crippen LogP contribution in [0.2, 0.25) is 0 Å². The van der Waals surface area contributed by atoms with Crippen molar-refractivity contribution >= 4 is 31.1 Å². The molecule has 4 heterocycles. The summed E-state index contributed by atoms with van der Waals surface area (Å²) in [6.07, 6.45) is 8.71. The Morgan fingerprint density at radius 3 is 2.46 bits per heavy atom. The van der Waals surface area contributed by atoms with Crippen molar-refractivity contribution in [2.75, 3.05) is 13.2 Å². The average Bonchev–Trinajstić information content (AvgIpc) is 3.84. The Morgan fingerprint density at radius 2 is 1.76 bits per heavy atom. The molecule has 8 atom stereocenters. The van der Waals surface area contributed by atoms with E-state index in [9.17, 15) is 19.2 Å². The van der Waals surface area contributed by atoms with Crippen LogP contribution in [-0.2, 0) is 41.5 Å². The van der Waals surface area contributed by atoms with E-state index in [2.05, 4.69) is 31.4 Å². The molecule has 2 N–H and O–H groups in total. The number of ether oxygens (including phenoxy) is 2. The SMILES string of the molecule is CC(C)(C)COC(=O)NC1C/C=C/CCCCC[C@H](B2OC3CC4CC(C4(C)C)C3(C)O2)NC(=O)[C@@H]2C[C@@H](OC(=O)N3Cc4ccccc4C3)CN2C1=O. The maximum atomic E-state index is 14.5. The van der Waals surface area contributed by atoms with Crippen molar-refractivity contribution in [3.63, 3.8) is 0 Å². The predicted molar refractivity (Wildman–Crippen MR) is 203 cm³/mol. The average molecular weight is 747 g/mol. The zero-order valence-electron chi connectivity index (χ0n) is 32.9. The molecule has 8 rings (SSSR count). The van der Waals surface area contributed by atoms with Gasteiger partial charge in [0.05, 0.1) is 30.8 Å². The van der Waals surface area contributed by atoms with E-state index in [1.54, 1.807) is 4.90 Å². The summed E-state index contributed by atoms with van der Waals surface area (Å²) < 4.78 is 25.0. The van der Waals surface area contributed by atoms with Crippen LogP contribution in [0.3, 0.4) is 0 Å². The number of carbonyl (C=O) groups excluding carboxylic acids is 4. The molecule has 0 radical (unpaired) electrons. The molecule has 1 aromatic rings. The molecule has 54 heavy (non-hydrogen) atoms. The molecule has 1 aromatic carbocycles. The lowest BCUT2D eigenvalue weighted by molar-refractivity contribution is -0.199. The Balaban J connectivity index is 1.11. The van der Waals surface area contributed by atoms with Crippen LogP contribution in [0.15, 0.2) is 36.4 Å². The second kappa shape index (κ2) is 15.2. The van der Waals surface area contributed by atoms with Gasteiger partial charge in [-0.2, -0.15) is 0 Å². The minimum atomic E-state index is -0.980. The summed E-state index contributed by atoms with van der Waals surface area (Å²) >= 11 is 0. The molecule has 2 bridgehead atoms. The van der Waals surface area contributed by atoms with Crippen molar-refractivity contribution in [3.05, 3.63) is 47.5 Å². The van der Waals surface area contributed by atoms with E-state index in [0.717, 1.165) is 49.7 Å². The number of nitrogens with one attached hydrogen (secondary N) is 2. The number of allylic oxidation sites excluding steroid dienone is 1. The lowest BCUT2D eigenvalue weighted by atomic mass is 9.43. The number of alkyl carbamates (subject to hydrolysis) is 1. The topological polar surface area (TPSA) is 136 Å². The molecule has 12 nitrogen and oxygen atoms in total. The number of amides is 4. The van der Waals surface area contributed by atoms with Crippen LogP contribution in [0.1, 0.15) is 110 Å². The van der Waals surface area contributed by atoms with E-state index in [-0.39, 0.29) is 48.8 Å². The zero-order chi connectivity index (χ0) is 38.4. The molecule has 5 unspecified atom stereocenters. The van der Waals surface area contributed by atoms with Crippen molar-refractivity contribution in [3.8, 4) is 0 Å². The maximum absolute atomic E-state index is 14.5. The highest BCUT2D eigenvalue weighted by Gasteiger charge is 2.68. The molecule has 4 aliphatic heterocycles. The van der Waals surface area contributed by atoms with Crippen LogP contribution in [-0.4, -0.2) is 89.9 Å². The molecular weight excluding hydrogens is 687 g/mol. The summed E-state index contributed by atoms with van der Waals surface area (Å²) in [5.41, 5.74) is 1.63. The van der Waals surface area contributed by atoms with E-state index >= 15 is 0 Å². The monoisotopic (exact) mass is 746 g/mol. The van der Waals surface area contributed by atoms with Gasteiger partial charge in [-0.1, -0.05) is 83.9 Å². The van der Waals surface area contributed by atoms with Crippen molar-refractivity contribution in [1.29, 1.82) is 0 Å². The minimum Gasteiger partial charge on any atom is -0.449 e. The highest BCUT2D eigenvalue weighted by Crippen LogP contribution is 2.65. The number of hydrogen-bond donors (Lipinski definition) is 2. The summed E-state index contributed by atoms with van der Waals surface area (Å²) in [4.78, 5) is 58.6. The molecule has 13 heteroatoms. The van der Waals surface area contributed by atoms with Gasteiger partial charge in [0.15, 0.2) is 0 Å². The molecule has 4 amide bonds. The number of carbonyl (C=O) groups is 4. The maximum Gasteiger partial charge on any atom is 0.481 e. The molecule has 3 saturated carbocycles. The van der Waals surface area contributed by atoms with E-state index in [4.69, 9.17) is 18.8 Å². The standard InChI is InChI=1S/C41H59BN4O8/c1-39(2,3)25-51-37(49)43-30-17-11-9-7-8-10-12-18-34(42-53-33-20-28-19-32(40(28,4)5)41(33,6)54-42)44-35(47)31-21-29(24-46(31)36(30)48)52-38(50)45-22-26-15-13-14-16-27(26)23-45/h9,11,13-16,28-34H,7-8,10,12,17-25H2,1-6H3,(H,43,49)(H,44,47)/b11-9+/t28?,29-,30?,31+,32?,33?,34-,41?/m1/s1. The van der Waals surface area contributed by atoms with Gasteiger partial charge >= 0.3 is 19.3 Å². The van der Waals surface area contributed by atoms with Gasteiger partial charge in [0.2, 0.25) is 11.8 Å². The second-order valence-corrected chi connectivity index (χ2v) is 18.5. The van der Waals surface area contributed by atoms with Crippen LogP contribution in [0, 0.1) is 22.7 Å². The van der Waals surface area contributed by atoms with Gasteiger partial charge in [-0.15, -0.1) is 0 Å². The fourth-order valence-corrected chi connectivity index (χ4v) is 9.72. The van der Waals surface area contributed by atoms with Gasteiger partial charge in [-0.25, -0.2) is 9.59 Å². The van der Waals surface area contributed by atoms with Gasteiger partial charge in [0.1, 0.15) is 18.2 Å². The van der Waals surface area contributed by atoms with E-state index in [0.29, 0.717) is 31.3 Å². The lowest BCUT2D eigenvalue weighted by Crippen LogP contribution is -2.65. The van der Waals surface area contributed by atoms with Crippen LogP contribution in [0.5, 0.6) is 0 Å². The van der Waals surface area contributed by atoms with Crippen molar-refractivity contribution < 1.29 is 38.0 Å². The van der Waals surface area contributed by atoms with E-state index in [1.165, 1.54) is 4.90 Å². The van der Waals surface area contributed by atoms with Crippen LogP contribution < -0.4 is 10.6 Å². The van der Waals surface area contributed by atoms with Gasteiger partial charge < -0.3 is 34.3 Å². The minimum absolute atomic E-state index is 0.0156. The second-order valence-electron chi connectivity index (χ2n) is 18.5. The number of benzene rings is 1. The summed E-state index contributed by atoms with van der Waals surface area (Å²) in [6, 6.07) is 5.98. The Bertz CT molecular complexity index is 1600. The highest BCUT2D eigenvalue weighted by molar-refractivity contribution is 6.48. The highest BCUT2D eigenvalue weighted by atomic mass is 16.7. The predicted octanol–water partition coefficient (Wildman–Crippen LogP) is 5.91. The number of hydrogen-bond acceptors (Lipinski definition) is 8. The normalized spacial score (nSPS) is 34.3. The first-order valence-corrected chi connectivity index (χ1v) is 20.2. The molecule has 2 saturated heterocycles. The van der Waals surface area contributed by atoms with E-state index < -0.39 is 54.9 Å². The first-order chi connectivity index (χ1) is 25.6. The molecule has 0 aromatic heterocycles. The fourth-order valence-electron chi connectivity index (χ4n) is 9.72. The summed E-state index contributed by atoms with van der Waals surface area (Å²) in [6.45, 7) is 13.8. The molecule has 5 fully saturated rings. The Hall–Kier alpha value is -3.58. The van der Waals surface area contributed by atoms with Gasteiger partial charge in [0.25, 0.3) is 0 Å². The van der Waals surface area contributed by atoms with Crippen molar-refractivity contribution in [2.45, 2.75) is 148 Å². The number of rotatable bonds is 4. The fraction of sp³-hybridized carbons (Fsp3) is 0.707. The van der Waals surface area contributed by atoms with Gasteiger partial charge in [0, 0.05) is 19.5 Å². The van der Waals surface area contributed by atoms with Crippen molar-refractivity contribution in [1.82, 2.24) is 20.4 Å². The molecule has 3 aliphatic carbocycles. The third kappa shape index (κ3) is 7.90. The zero-order valence-corrected chi connectivity index (χ0v) is 32.9. The Labute approximate surface area is 320 Å². The molecule has 0 spiro atoms. The van der Waals surface area contributed by atoms with E-state index in [1.807, 2.05) is 57.2 Å². The Kier molecular flexibility index (Phi) is 10.9. The Morgan fingerprint density at radius 1 is 1.02 bits per heavy atom. The van der Waals surface area contributed by atoms with Crippen LogP contribution in [0.4, 0.5) is 9.59 Å². The third-order valence-electron chi connectivity index (χ3n) is 13.0. The van der Waals surface area contributed by atoms with Crippen LogP contribution >= 0.6 is 0 Å². The smallest absolute Gasteiger partial charge is 0.449 e. The molecule has 294 valence electrons. The quantitative estimate of drug-likeness (QED) is 0.287. The summed E-state index contributed by atoms with van der Waals surface area (Å²) in [5.74, 6) is -0.233. The summed E-state index contributed by atoms with van der Waals surface area (Å²) in [5, 5.41) is 6.05. The van der Waals surface area contributed by atoms with Gasteiger partial charge in [-0.05, 0) is 79.2 Å². The van der Waals surface area contributed by atoms with Gasteiger partial charge in [-0.3, -0.25) is 14.5 Å². The molecule has 7 aliphatic rings. The number of fused-ring (bicyclic) bond motifs is 2.